The van der Waals surface area contributed by atoms with Gasteiger partial charge in [-0.15, -0.1) is 0 Å². The van der Waals surface area contributed by atoms with Gasteiger partial charge in [0.1, 0.15) is 4.90 Å². The second-order valence-electron chi connectivity index (χ2n) is 5.49. The first-order valence-corrected chi connectivity index (χ1v) is 8.92. The Morgan fingerprint density at radius 3 is 2.62 bits per heavy atom. The summed E-state index contributed by atoms with van der Waals surface area (Å²) in [6, 6.07) is 5.08. The third-order valence-electron chi connectivity index (χ3n) is 3.71. The Morgan fingerprint density at radius 2 is 2.00 bits per heavy atom. The zero-order valence-electron chi connectivity index (χ0n) is 12.4. The smallest absolute Gasteiger partial charge is 0.242 e. The molecule has 2 N–H and O–H groups in total. The summed E-state index contributed by atoms with van der Waals surface area (Å²) in [5, 5.41) is 3.26. The molecule has 0 atom stereocenters. The van der Waals surface area contributed by atoms with Crippen LogP contribution in [0.25, 0.3) is 0 Å². The van der Waals surface area contributed by atoms with Crippen molar-refractivity contribution in [3.63, 3.8) is 0 Å². The van der Waals surface area contributed by atoms with E-state index in [1.54, 1.807) is 12.1 Å². The van der Waals surface area contributed by atoms with Crippen molar-refractivity contribution in [3.8, 4) is 0 Å². The van der Waals surface area contributed by atoms with E-state index in [4.69, 9.17) is 11.6 Å². The summed E-state index contributed by atoms with van der Waals surface area (Å²) < 4.78 is 27.8. The molecular formula is C14H22ClN3O2S. The summed E-state index contributed by atoms with van der Waals surface area (Å²) in [5.41, 5.74) is 0.894. The first kappa shape index (κ1) is 16.7. The zero-order chi connectivity index (χ0) is 15.5. The van der Waals surface area contributed by atoms with Crippen LogP contribution in [0.5, 0.6) is 0 Å². The number of hydrogen-bond donors (Lipinski definition) is 2. The van der Waals surface area contributed by atoms with E-state index in [0.717, 1.165) is 31.5 Å². The average Bonchev–Trinajstić information content (AvgIpc) is 2.43. The van der Waals surface area contributed by atoms with Gasteiger partial charge in [0, 0.05) is 12.6 Å². The van der Waals surface area contributed by atoms with Gasteiger partial charge in [-0.2, -0.15) is 0 Å². The third kappa shape index (κ3) is 4.40. The van der Waals surface area contributed by atoms with Crippen molar-refractivity contribution in [1.29, 1.82) is 0 Å². The Balaban J connectivity index is 2.17. The van der Waals surface area contributed by atoms with E-state index in [9.17, 15) is 8.42 Å². The molecule has 5 nitrogen and oxygen atoms in total. The van der Waals surface area contributed by atoms with E-state index in [1.165, 1.54) is 0 Å². The number of nitrogens with zero attached hydrogens (tertiary/aromatic N) is 1. The van der Waals surface area contributed by atoms with Crippen LogP contribution >= 0.6 is 11.6 Å². The monoisotopic (exact) mass is 331 g/mol. The van der Waals surface area contributed by atoms with Crippen molar-refractivity contribution >= 4 is 21.6 Å². The van der Waals surface area contributed by atoms with Crippen LogP contribution in [0, 0.1) is 0 Å². The molecular weight excluding hydrogens is 310 g/mol. The van der Waals surface area contributed by atoms with Gasteiger partial charge in [0.05, 0.1) is 5.02 Å². The van der Waals surface area contributed by atoms with Crippen LogP contribution in [0.2, 0.25) is 5.02 Å². The maximum absolute atomic E-state index is 12.5. The minimum atomic E-state index is -3.58. The van der Waals surface area contributed by atoms with Crippen LogP contribution in [-0.4, -0.2) is 46.5 Å². The van der Waals surface area contributed by atoms with Crippen LogP contribution in [0.15, 0.2) is 23.1 Å². The number of halogens is 1. The van der Waals surface area contributed by atoms with Crippen molar-refractivity contribution in [2.75, 3.05) is 27.2 Å². The van der Waals surface area contributed by atoms with Gasteiger partial charge in [-0.25, -0.2) is 13.1 Å². The lowest BCUT2D eigenvalue weighted by atomic mass is 10.1. The summed E-state index contributed by atoms with van der Waals surface area (Å²) in [5.74, 6) is 0. The number of nitrogens with one attached hydrogen (secondary N) is 2. The van der Waals surface area contributed by atoms with Gasteiger partial charge in [0.15, 0.2) is 0 Å². The summed E-state index contributed by atoms with van der Waals surface area (Å²) in [6.45, 7) is 2.41. The van der Waals surface area contributed by atoms with E-state index in [-0.39, 0.29) is 16.0 Å². The Bertz CT molecular complexity index is 584. The molecule has 0 spiro atoms. The highest BCUT2D eigenvalue weighted by molar-refractivity contribution is 7.89. The van der Waals surface area contributed by atoms with E-state index >= 15 is 0 Å². The average molecular weight is 332 g/mol. The van der Waals surface area contributed by atoms with Crippen molar-refractivity contribution < 1.29 is 8.42 Å². The fourth-order valence-electron chi connectivity index (χ4n) is 2.48. The summed E-state index contributed by atoms with van der Waals surface area (Å²) >= 11 is 6.07. The van der Waals surface area contributed by atoms with Gasteiger partial charge in [-0.3, -0.25) is 0 Å². The largest absolute Gasteiger partial charge is 0.316 e. The van der Waals surface area contributed by atoms with Crippen molar-refractivity contribution in [2.45, 2.75) is 30.3 Å². The molecule has 0 bridgehead atoms. The number of rotatable bonds is 5. The number of hydrogen-bond acceptors (Lipinski definition) is 4. The molecule has 1 aromatic carbocycles. The van der Waals surface area contributed by atoms with Crippen LogP contribution in [0.4, 0.5) is 0 Å². The van der Waals surface area contributed by atoms with E-state index in [1.807, 2.05) is 20.2 Å². The topological polar surface area (TPSA) is 61.4 Å². The normalized spacial score (nSPS) is 18.0. The van der Waals surface area contributed by atoms with Gasteiger partial charge in [0.2, 0.25) is 10.0 Å². The van der Waals surface area contributed by atoms with Gasteiger partial charge < -0.3 is 10.2 Å². The second kappa shape index (κ2) is 7.07. The van der Waals surface area contributed by atoms with Crippen molar-refractivity contribution in [3.05, 3.63) is 28.8 Å². The summed E-state index contributed by atoms with van der Waals surface area (Å²) in [4.78, 5) is 2.36. The third-order valence-corrected chi connectivity index (χ3v) is 5.71. The molecule has 1 saturated heterocycles. The Labute approximate surface area is 131 Å². The van der Waals surface area contributed by atoms with Crippen molar-refractivity contribution in [2.24, 2.45) is 0 Å². The molecule has 0 amide bonds. The fraction of sp³-hybridized carbons (Fsp3) is 0.571. The first-order chi connectivity index (χ1) is 9.92. The lowest BCUT2D eigenvalue weighted by Crippen LogP contribution is -2.43. The highest BCUT2D eigenvalue weighted by Gasteiger charge is 2.25. The van der Waals surface area contributed by atoms with Gasteiger partial charge in [-0.1, -0.05) is 17.7 Å². The van der Waals surface area contributed by atoms with Crippen LogP contribution in [-0.2, 0) is 16.6 Å². The molecule has 0 unspecified atom stereocenters. The van der Waals surface area contributed by atoms with Crippen LogP contribution in [0.1, 0.15) is 18.4 Å². The molecule has 1 aliphatic rings. The second-order valence-corrected chi connectivity index (χ2v) is 7.58. The van der Waals surface area contributed by atoms with Crippen LogP contribution < -0.4 is 10.0 Å². The molecule has 2 rings (SSSR count). The van der Waals surface area contributed by atoms with Crippen LogP contribution in [0.3, 0.4) is 0 Å². The molecule has 0 aromatic heterocycles. The van der Waals surface area contributed by atoms with E-state index in [2.05, 4.69) is 14.9 Å². The molecule has 21 heavy (non-hydrogen) atoms. The van der Waals surface area contributed by atoms with Gasteiger partial charge in [0.25, 0.3) is 0 Å². The lowest BCUT2D eigenvalue weighted by Gasteiger charge is -2.29. The number of piperidine rings is 1. The predicted molar refractivity (Wildman–Crippen MR) is 85.1 cm³/mol. The molecule has 1 aliphatic heterocycles. The van der Waals surface area contributed by atoms with E-state index in [0.29, 0.717) is 6.54 Å². The standard InChI is InChI=1S/C14H22ClN3O2S/c1-16-10-11-3-4-13(15)14(9-11)21(19,20)17-12-5-7-18(2)8-6-12/h3-4,9,12,16-17H,5-8,10H2,1-2H3. The highest BCUT2D eigenvalue weighted by Crippen LogP contribution is 2.24. The maximum Gasteiger partial charge on any atom is 0.242 e. The Kier molecular flexibility index (Phi) is 5.62. The molecule has 1 heterocycles. The molecule has 1 fully saturated rings. The Hall–Kier alpha value is -0.660. The predicted octanol–water partition coefficient (Wildman–Crippen LogP) is 1.43. The molecule has 7 heteroatoms. The summed E-state index contributed by atoms with van der Waals surface area (Å²) in [6.07, 6.45) is 1.65. The zero-order valence-corrected chi connectivity index (χ0v) is 14.0. The van der Waals surface area contributed by atoms with Gasteiger partial charge >= 0.3 is 0 Å². The highest BCUT2D eigenvalue weighted by atomic mass is 35.5. The van der Waals surface area contributed by atoms with E-state index < -0.39 is 10.0 Å². The number of benzene rings is 1. The molecule has 0 aliphatic carbocycles. The number of sulfonamides is 1. The SMILES string of the molecule is CNCc1ccc(Cl)c(S(=O)(=O)NC2CCN(C)CC2)c1. The molecule has 1 aromatic rings. The molecule has 118 valence electrons. The minimum Gasteiger partial charge on any atom is -0.316 e. The molecule has 0 radical (unpaired) electrons. The number of likely N-dealkylation sites (tertiary alicyclic amines) is 1. The quantitative estimate of drug-likeness (QED) is 0.857. The summed E-state index contributed by atoms with van der Waals surface area (Å²) in [7, 11) is 0.286. The fourth-order valence-corrected chi connectivity index (χ4v) is 4.33. The maximum atomic E-state index is 12.5. The Morgan fingerprint density at radius 1 is 1.33 bits per heavy atom. The van der Waals surface area contributed by atoms with Crippen molar-refractivity contribution in [1.82, 2.24) is 14.9 Å². The minimum absolute atomic E-state index is 0.0183. The van der Waals surface area contributed by atoms with Gasteiger partial charge in [-0.05, 0) is 57.7 Å². The molecule has 0 saturated carbocycles. The lowest BCUT2D eigenvalue weighted by molar-refractivity contribution is 0.248. The first-order valence-electron chi connectivity index (χ1n) is 7.06.